The molecule has 1 unspecified atom stereocenters. The zero-order valence-electron chi connectivity index (χ0n) is 17.4. The highest BCUT2D eigenvalue weighted by molar-refractivity contribution is 7.99. The molecule has 154 valence electrons. The summed E-state index contributed by atoms with van der Waals surface area (Å²) in [6, 6.07) is 12.6. The van der Waals surface area contributed by atoms with E-state index in [1.165, 1.54) is 18.4 Å². The Morgan fingerprint density at radius 1 is 1.10 bits per heavy atom. The van der Waals surface area contributed by atoms with E-state index in [1.807, 2.05) is 12.1 Å². The molecule has 0 radical (unpaired) electrons. The predicted molar refractivity (Wildman–Crippen MR) is 116 cm³/mol. The molecule has 1 aliphatic rings. The van der Waals surface area contributed by atoms with Crippen molar-refractivity contribution in [3.63, 3.8) is 0 Å². The van der Waals surface area contributed by atoms with Crippen LogP contribution < -0.4 is 0 Å². The van der Waals surface area contributed by atoms with Gasteiger partial charge in [0, 0.05) is 17.9 Å². The molecule has 1 aliphatic heterocycles. The molecular formula is C23H29N3O2S. The van der Waals surface area contributed by atoms with E-state index in [-0.39, 0.29) is 5.41 Å². The SMILES string of the molecule is CC(C)(C)c1ccc(-c2nnc(SCC3CCCCO3)n2Cc2ccco2)cc1. The maximum atomic E-state index is 5.89. The molecule has 0 N–H and O–H groups in total. The van der Waals surface area contributed by atoms with E-state index < -0.39 is 0 Å². The first-order valence-electron chi connectivity index (χ1n) is 10.3. The van der Waals surface area contributed by atoms with Crippen LogP contribution >= 0.6 is 11.8 Å². The monoisotopic (exact) mass is 411 g/mol. The molecule has 5 nitrogen and oxygen atoms in total. The molecule has 4 rings (SSSR count). The number of aromatic nitrogens is 3. The molecule has 2 aromatic heterocycles. The van der Waals surface area contributed by atoms with Gasteiger partial charge in [0.2, 0.25) is 0 Å². The maximum absolute atomic E-state index is 5.89. The molecule has 1 atom stereocenters. The first-order valence-corrected chi connectivity index (χ1v) is 11.3. The van der Waals surface area contributed by atoms with E-state index >= 15 is 0 Å². The van der Waals surface area contributed by atoms with E-state index in [4.69, 9.17) is 9.15 Å². The van der Waals surface area contributed by atoms with Crippen molar-refractivity contribution in [2.24, 2.45) is 0 Å². The van der Waals surface area contributed by atoms with Gasteiger partial charge in [-0.15, -0.1) is 10.2 Å². The minimum Gasteiger partial charge on any atom is -0.467 e. The molecule has 0 spiro atoms. The summed E-state index contributed by atoms with van der Waals surface area (Å²) in [6.45, 7) is 8.16. The van der Waals surface area contributed by atoms with Crippen LogP contribution in [0.1, 0.15) is 51.4 Å². The minimum atomic E-state index is 0.126. The first kappa shape index (κ1) is 20.2. The summed E-state index contributed by atoms with van der Waals surface area (Å²) < 4.78 is 13.6. The van der Waals surface area contributed by atoms with E-state index in [1.54, 1.807) is 18.0 Å². The van der Waals surface area contributed by atoms with Gasteiger partial charge < -0.3 is 9.15 Å². The van der Waals surface area contributed by atoms with Gasteiger partial charge in [-0.1, -0.05) is 56.8 Å². The third kappa shape index (κ3) is 4.93. The fourth-order valence-corrected chi connectivity index (χ4v) is 4.54. The summed E-state index contributed by atoms with van der Waals surface area (Å²) in [5.41, 5.74) is 2.50. The Morgan fingerprint density at radius 3 is 2.59 bits per heavy atom. The quantitative estimate of drug-likeness (QED) is 0.498. The molecule has 1 saturated heterocycles. The van der Waals surface area contributed by atoms with Gasteiger partial charge in [-0.05, 0) is 42.4 Å². The van der Waals surface area contributed by atoms with Crippen LogP contribution in [0.25, 0.3) is 11.4 Å². The molecule has 6 heteroatoms. The highest BCUT2D eigenvalue weighted by Gasteiger charge is 2.20. The lowest BCUT2D eigenvalue weighted by atomic mass is 9.87. The van der Waals surface area contributed by atoms with Crippen molar-refractivity contribution >= 4 is 11.8 Å². The van der Waals surface area contributed by atoms with Gasteiger partial charge in [0.15, 0.2) is 11.0 Å². The summed E-state index contributed by atoms with van der Waals surface area (Å²) in [5, 5.41) is 9.95. The van der Waals surface area contributed by atoms with Crippen molar-refractivity contribution in [2.75, 3.05) is 12.4 Å². The Balaban J connectivity index is 1.59. The van der Waals surface area contributed by atoms with Crippen molar-refractivity contribution in [1.29, 1.82) is 0 Å². The third-order valence-electron chi connectivity index (χ3n) is 5.29. The fourth-order valence-electron chi connectivity index (χ4n) is 3.54. The van der Waals surface area contributed by atoms with Crippen LogP contribution in [-0.2, 0) is 16.7 Å². The largest absolute Gasteiger partial charge is 0.467 e. The average Bonchev–Trinajstić information content (AvgIpc) is 3.37. The molecule has 3 heterocycles. The highest BCUT2D eigenvalue weighted by atomic mass is 32.2. The normalized spacial score (nSPS) is 17.6. The van der Waals surface area contributed by atoms with Crippen molar-refractivity contribution < 1.29 is 9.15 Å². The van der Waals surface area contributed by atoms with Gasteiger partial charge in [-0.3, -0.25) is 4.57 Å². The van der Waals surface area contributed by atoms with Crippen molar-refractivity contribution in [2.45, 2.75) is 63.3 Å². The molecular weight excluding hydrogens is 382 g/mol. The lowest BCUT2D eigenvalue weighted by molar-refractivity contribution is 0.0315. The topological polar surface area (TPSA) is 53.1 Å². The first-order chi connectivity index (χ1) is 14.0. The molecule has 0 saturated carbocycles. The summed E-state index contributed by atoms with van der Waals surface area (Å²) in [5.74, 6) is 2.67. The Hall–Kier alpha value is -2.05. The Morgan fingerprint density at radius 2 is 1.93 bits per heavy atom. The number of benzene rings is 1. The van der Waals surface area contributed by atoms with E-state index in [0.717, 1.165) is 41.1 Å². The Bertz CT molecular complexity index is 905. The van der Waals surface area contributed by atoms with Gasteiger partial charge >= 0.3 is 0 Å². The van der Waals surface area contributed by atoms with Gasteiger partial charge in [0.25, 0.3) is 0 Å². The lowest BCUT2D eigenvalue weighted by Crippen LogP contribution is -2.21. The molecule has 29 heavy (non-hydrogen) atoms. The van der Waals surface area contributed by atoms with Crippen molar-refractivity contribution in [3.8, 4) is 11.4 Å². The number of ether oxygens (including phenoxy) is 1. The zero-order valence-corrected chi connectivity index (χ0v) is 18.2. The third-order valence-corrected chi connectivity index (χ3v) is 6.39. The Labute approximate surface area is 176 Å². The van der Waals surface area contributed by atoms with Crippen LogP contribution in [0.5, 0.6) is 0 Å². The van der Waals surface area contributed by atoms with Crippen LogP contribution in [0.15, 0.2) is 52.2 Å². The van der Waals surface area contributed by atoms with Gasteiger partial charge in [-0.25, -0.2) is 0 Å². The van der Waals surface area contributed by atoms with Crippen LogP contribution in [-0.4, -0.2) is 33.2 Å². The summed E-state index contributed by atoms with van der Waals surface area (Å²) in [6.07, 6.45) is 5.55. The standard InChI is InChI=1S/C23H29N3O2S/c1-23(2,3)18-11-9-17(10-12-18)21-24-25-22(26(21)15-19-8-6-14-27-19)29-16-20-7-4-5-13-28-20/h6,8-12,14,20H,4-5,7,13,15-16H2,1-3H3. The number of thioether (sulfide) groups is 1. The molecule has 1 fully saturated rings. The molecule has 0 aliphatic carbocycles. The summed E-state index contributed by atoms with van der Waals surface area (Å²) in [7, 11) is 0. The summed E-state index contributed by atoms with van der Waals surface area (Å²) >= 11 is 1.72. The molecule has 0 bridgehead atoms. The highest BCUT2D eigenvalue weighted by Crippen LogP contribution is 2.29. The fraction of sp³-hybridized carbons (Fsp3) is 0.478. The molecule has 0 amide bonds. The second-order valence-corrected chi connectivity index (χ2v) is 9.59. The number of nitrogens with zero attached hydrogens (tertiary/aromatic N) is 3. The van der Waals surface area contributed by atoms with Gasteiger partial charge in [-0.2, -0.15) is 0 Å². The van der Waals surface area contributed by atoms with E-state index in [2.05, 4.69) is 59.8 Å². The zero-order chi connectivity index (χ0) is 20.3. The van der Waals surface area contributed by atoms with Crippen molar-refractivity contribution in [3.05, 3.63) is 54.0 Å². The number of rotatable bonds is 6. The number of hydrogen-bond acceptors (Lipinski definition) is 5. The van der Waals surface area contributed by atoms with Gasteiger partial charge in [0.05, 0.1) is 18.9 Å². The predicted octanol–water partition coefficient (Wildman–Crippen LogP) is 5.55. The lowest BCUT2D eigenvalue weighted by Gasteiger charge is -2.22. The van der Waals surface area contributed by atoms with Crippen LogP contribution in [0.2, 0.25) is 0 Å². The number of hydrogen-bond donors (Lipinski definition) is 0. The second-order valence-electron chi connectivity index (χ2n) is 8.60. The second kappa shape index (κ2) is 8.76. The van der Waals surface area contributed by atoms with Crippen LogP contribution in [0.3, 0.4) is 0 Å². The van der Waals surface area contributed by atoms with Crippen LogP contribution in [0, 0.1) is 0 Å². The van der Waals surface area contributed by atoms with Gasteiger partial charge in [0.1, 0.15) is 5.76 Å². The molecule has 1 aromatic carbocycles. The minimum absolute atomic E-state index is 0.126. The van der Waals surface area contributed by atoms with Crippen LogP contribution in [0.4, 0.5) is 0 Å². The average molecular weight is 412 g/mol. The smallest absolute Gasteiger partial charge is 0.192 e. The van der Waals surface area contributed by atoms with E-state index in [0.29, 0.717) is 12.6 Å². The summed E-state index contributed by atoms with van der Waals surface area (Å²) in [4.78, 5) is 0. The number of furan rings is 1. The maximum Gasteiger partial charge on any atom is 0.192 e. The van der Waals surface area contributed by atoms with E-state index in [9.17, 15) is 0 Å². The van der Waals surface area contributed by atoms with Crippen molar-refractivity contribution in [1.82, 2.24) is 14.8 Å². The Kier molecular flexibility index (Phi) is 6.11. The molecule has 3 aromatic rings.